The van der Waals surface area contributed by atoms with Crippen molar-refractivity contribution >= 4 is 38.0 Å². The Morgan fingerprint density at radius 1 is 0.489 bits per heavy atom. The van der Waals surface area contributed by atoms with E-state index >= 15 is 0 Å². The minimum absolute atomic E-state index is 0.931. The lowest BCUT2D eigenvalue weighted by Gasteiger charge is -2.25. The topological polar surface area (TPSA) is 3.24 Å². The van der Waals surface area contributed by atoms with Crippen LogP contribution in [-0.4, -0.2) is 13.1 Å². The molecule has 0 unspecified atom stereocenters. The molecule has 0 radical (unpaired) electrons. The summed E-state index contributed by atoms with van der Waals surface area (Å²) >= 11 is 0. The van der Waals surface area contributed by atoms with Gasteiger partial charge in [-0.1, -0.05) is 108 Å². The van der Waals surface area contributed by atoms with E-state index in [1.807, 2.05) is 6.07 Å². The molecule has 7 aromatic rings. The van der Waals surface area contributed by atoms with Crippen LogP contribution >= 0.6 is 0 Å². The van der Waals surface area contributed by atoms with Crippen molar-refractivity contribution in [3.8, 4) is 34.8 Å². The summed E-state index contributed by atoms with van der Waals surface area (Å²) in [7, 11) is 0. The zero-order chi connectivity index (χ0) is 30.9. The van der Waals surface area contributed by atoms with Crippen LogP contribution in [-0.2, 0) is 0 Å². The maximum absolute atomic E-state index is 3.59. The van der Waals surface area contributed by atoms with Gasteiger partial charge < -0.3 is 4.90 Å². The first-order valence-electron chi connectivity index (χ1n) is 15.8. The molecule has 1 nitrogen and oxygen atoms in total. The summed E-state index contributed by atoms with van der Waals surface area (Å²) in [6.07, 6.45) is 0. The van der Waals surface area contributed by atoms with Gasteiger partial charge in [0.05, 0.1) is 0 Å². The fourth-order valence-electron chi connectivity index (χ4n) is 6.48. The second kappa shape index (κ2) is 11.9. The van der Waals surface area contributed by atoms with Crippen molar-refractivity contribution in [2.45, 2.75) is 27.7 Å². The second-order valence-electron chi connectivity index (χ2n) is 11.7. The Bertz CT molecular complexity index is 2280. The van der Waals surface area contributed by atoms with Gasteiger partial charge in [-0.15, -0.1) is 0 Å². The van der Waals surface area contributed by atoms with Crippen molar-refractivity contribution in [2.75, 3.05) is 18.0 Å². The van der Waals surface area contributed by atoms with Crippen molar-refractivity contribution in [3.05, 3.63) is 149 Å². The van der Waals surface area contributed by atoms with Crippen LogP contribution in [0.3, 0.4) is 0 Å². The highest BCUT2D eigenvalue weighted by Crippen LogP contribution is 2.42. The summed E-state index contributed by atoms with van der Waals surface area (Å²) in [5.41, 5.74) is 10.3. The molecule has 0 bridgehead atoms. The maximum Gasteiger partial charge on any atom is 0.0458 e. The molecule has 0 fully saturated rings. The van der Waals surface area contributed by atoms with Crippen LogP contribution in [0.15, 0.2) is 115 Å². The van der Waals surface area contributed by atoms with Crippen LogP contribution in [0.4, 0.5) is 5.69 Å². The minimum atomic E-state index is 0.931. The molecule has 7 rings (SSSR count). The fourth-order valence-corrected chi connectivity index (χ4v) is 6.48. The molecule has 0 atom stereocenters. The molecule has 0 aliphatic carbocycles. The molecule has 0 saturated carbocycles. The third kappa shape index (κ3) is 5.29. The molecular weight excluding hydrogens is 542 g/mol. The average Bonchev–Trinajstić information content (AvgIpc) is 3.08. The summed E-state index contributed by atoms with van der Waals surface area (Å²) in [6, 6.07) is 41.1. The molecule has 7 aromatic carbocycles. The van der Waals surface area contributed by atoms with Crippen LogP contribution in [0.5, 0.6) is 0 Å². The van der Waals surface area contributed by atoms with Gasteiger partial charge in [-0.05, 0) is 102 Å². The van der Waals surface area contributed by atoms with Gasteiger partial charge in [0.15, 0.2) is 0 Å². The van der Waals surface area contributed by atoms with Gasteiger partial charge in [-0.25, -0.2) is 0 Å². The van der Waals surface area contributed by atoms with E-state index in [4.69, 9.17) is 0 Å². The van der Waals surface area contributed by atoms with Crippen LogP contribution in [0.1, 0.15) is 47.2 Å². The Morgan fingerprint density at radius 3 is 1.62 bits per heavy atom. The van der Waals surface area contributed by atoms with E-state index in [1.165, 1.54) is 60.3 Å². The van der Waals surface area contributed by atoms with Crippen LogP contribution in [0, 0.1) is 37.5 Å². The van der Waals surface area contributed by atoms with Gasteiger partial charge in [0.2, 0.25) is 0 Å². The van der Waals surface area contributed by atoms with Crippen LogP contribution in [0.25, 0.3) is 43.4 Å². The highest BCUT2D eigenvalue weighted by atomic mass is 15.1. The molecule has 0 aliphatic rings. The van der Waals surface area contributed by atoms with E-state index in [0.717, 1.165) is 35.3 Å². The lowest BCUT2D eigenvalue weighted by atomic mass is 9.87. The molecule has 1 heteroatoms. The maximum atomic E-state index is 3.59. The summed E-state index contributed by atoms with van der Waals surface area (Å²) in [6.45, 7) is 10.6. The minimum Gasteiger partial charge on any atom is -0.372 e. The summed E-state index contributed by atoms with van der Waals surface area (Å²) in [4.78, 5) is 2.44. The largest absolute Gasteiger partial charge is 0.372 e. The first kappa shape index (κ1) is 28.3. The van der Waals surface area contributed by atoms with Crippen molar-refractivity contribution < 1.29 is 0 Å². The highest BCUT2D eigenvalue weighted by molar-refractivity contribution is 6.27. The normalized spacial score (nSPS) is 10.9. The van der Waals surface area contributed by atoms with Gasteiger partial charge in [-0.3, -0.25) is 0 Å². The molecule has 45 heavy (non-hydrogen) atoms. The number of aryl methyl sites for hydroxylation is 2. The van der Waals surface area contributed by atoms with Crippen molar-refractivity contribution in [2.24, 2.45) is 0 Å². The Kier molecular flexibility index (Phi) is 7.47. The first-order chi connectivity index (χ1) is 22.0. The summed E-state index contributed by atoms with van der Waals surface area (Å²) in [5.74, 6) is 14.0. The van der Waals surface area contributed by atoms with Gasteiger partial charge >= 0.3 is 0 Å². The number of rotatable bonds is 4. The second-order valence-corrected chi connectivity index (χ2v) is 11.7. The molecule has 216 valence electrons. The monoisotopic (exact) mass is 577 g/mol. The molecule has 0 heterocycles. The summed E-state index contributed by atoms with van der Waals surface area (Å²) in [5, 5.41) is 7.49. The Balaban J connectivity index is 1.42. The standard InChI is InChI=1S/C44H35N/c1-5-45(6-2)42-29-37(23-19-33-16-20-35(21-17-33)34-10-8-7-9-11-34)40-26-25-39-36(22-18-32-14-12-30(3)13-15-32)28-31(4)38-24-27-41(42)44(40)43(38)39/h7-17,20-21,24-29H,5-6H2,1-4H3. The number of nitrogens with zero attached hydrogens (tertiary/aromatic N) is 1. The van der Waals surface area contributed by atoms with Crippen molar-refractivity contribution in [3.63, 3.8) is 0 Å². The third-order valence-electron chi connectivity index (χ3n) is 8.91. The number of anilines is 1. The van der Waals surface area contributed by atoms with E-state index in [0.29, 0.717) is 0 Å². The van der Waals surface area contributed by atoms with Crippen LogP contribution in [0.2, 0.25) is 0 Å². The van der Waals surface area contributed by atoms with Crippen LogP contribution < -0.4 is 4.90 Å². The van der Waals surface area contributed by atoms with E-state index in [9.17, 15) is 0 Å². The first-order valence-corrected chi connectivity index (χ1v) is 15.8. The predicted octanol–water partition coefficient (Wildman–Crippen LogP) is 10.5. The number of hydrogen-bond acceptors (Lipinski definition) is 1. The Morgan fingerprint density at radius 2 is 1.00 bits per heavy atom. The van der Waals surface area contributed by atoms with Gasteiger partial charge in [0, 0.05) is 51.8 Å². The quantitative estimate of drug-likeness (QED) is 0.149. The van der Waals surface area contributed by atoms with Gasteiger partial charge in [0.1, 0.15) is 0 Å². The average molecular weight is 578 g/mol. The Hall–Kier alpha value is -5.50. The van der Waals surface area contributed by atoms with Crippen molar-refractivity contribution in [1.82, 2.24) is 0 Å². The van der Waals surface area contributed by atoms with E-state index in [-0.39, 0.29) is 0 Å². The smallest absolute Gasteiger partial charge is 0.0458 e. The van der Waals surface area contributed by atoms with E-state index in [2.05, 4.69) is 165 Å². The van der Waals surface area contributed by atoms with Crippen molar-refractivity contribution in [1.29, 1.82) is 0 Å². The Labute approximate surface area is 266 Å². The zero-order valence-corrected chi connectivity index (χ0v) is 26.3. The molecule has 0 aromatic heterocycles. The van der Waals surface area contributed by atoms with E-state index in [1.54, 1.807) is 0 Å². The van der Waals surface area contributed by atoms with Gasteiger partial charge in [-0.2, -0.15) is 0 Å². The number of hydrogen-bond donors (Lipinski definition) is 0. The zero-order valence-electron chi connectivity index (χ0n) is 26.3. The number of benzene rings is 7. The molecule has 0 spiro atoms. The molecule has 0 saturated heterocycles. The molecule has 0 aliphatic heterocycles. The molecular formula is C44H35N. The van der Waals surface area contributed by atoms with Gasteiger partial charge in [0.25, 0.3) is 0 Å². The lowest BCUT2D eigenvalue weighted by Crippen LogP contribution is -2.22. The van der Waals surface area contributed by atoms with E-state index < -0.39 is 0 Å². The SMILES string of the molecule is CCN(CC)c1cc(C#Cc2ccc(-c3ccccc3)cc2)c2ccc3c(C#Cc4ccc(C)cc4)cc(C)c4ccc1c2c43. The third-order valence-corrected chi connectivity index (χ3v) is 8.91. The summed E-state index contributed by atoms with van der Waals surface area (Å²) < 4.78 is 0. The lowest BCUT2D eigenvalue weighted by molar-refractivity contribution is 0.870. The molecule has 0 N–H and O–H groups in total. The highest BCUT2D eigenvalue weighted by Gasteiger charge is 2.18. The molecule has 0 amide bonds. The predicted molar refractivity (Wildman–Crippen MR) is 193 cm³/mol. The fraction of sp³-hybridized carbons (Fsp3) is 0.136.